The van der Waals surface area contributed by atoms with E-state index < -0.39 is 34.3 Å². The van der Waals surface area contributed by atoms with Gasteiger partial charge in [0, 0.05) is 13.1 Å². The van der Waals surface area contributed by atoms with Crippen molar-refractivity contribution in [2.75, 3.05) is 23.7 Å². The highest BCUT2D eigenvalue weighted by Crippen LogP contribution is 2.28. The van der Waals surface area contributed by atoms with Crippen LogP contribution >= 0.6 is 23.2 Å². The number of nitrogens with zero attached hydrogens (tertiary/aromatic N) is 2. The summed E-state index contributed by atoms with van der Waals surface area (Å²) in [5.41, 5.74) is 0.739. The minimum Gasteiger partial charge on any atom is -0.354 e. The van der Waals surface area contributed by atoms with Gasteiger partial charge in [0.25, 0.3) is 0 Å². The monoisotopic (exact) mass is 531 g/mol. The van der Waals surface area contributed by atoms with E-state index in [2.05, 4.69) is 5.32 Å². The molecule has 7 nitrogen and oxygen atoms in total. The van der Waals surface area contributed by atoms with E-state index in [0.717, 1.165) is 10.6 Å². The van der Waals surface area contributed by atoms with Crippen molar-refractivity contribution in [3.8, 4) is 0 Å². The second-order valence-electron chi connectivity index (χ2n) is 8.33. The van der Waals surface area contributed by atoms with E-state index in [1.807, 2.05) is 13.8 Å². The molecule has 0 saturated carbocycles. The minimum absolute atomic E-state index is 0.0195. The van der Waals surface area contributed by atoms with E-state index in [0.29, 0.717) is 12.1 Å². The molecule has 0 aliphatic rings. The first-order chi connectivity index (χ1) is 15.8. The summed E-state index contributed by atoms with van der Waals surface area (Å²) in [6, 6.07) is 8.81. The summed E-state index contributed by atoms with van der Waals surface area (Å²) >= 11 is 12.0. The van der Waals surface area contributed by atoms with Crippen LogP contribution in [-0.4, -0.2) is 50.5 Å². The summed E-state index contributed by atoms with van der Waals surface area (Å²) in [4.78, 5) is 27.4. The van der Waals surface area contributed by atoms with Crippen LogP contribution < -0.4 is 9.62 Å². The Kier molecular flexibility index (Phi) is 9.73. The van der Waals surface area contributed by atoms with Crippen molar-refractivity contribution in [1.82, 2.24) is 10.2 Å². The third-order valence-corrected chi connectivity index (χ3v) is 6.87. The van der Waals surface area contributed by atoms with Gasteiger partial charge < -0.3 is 10.2 Å². The molecule has 186 valence electrons. The van der Waals surface area contributed by atoms with E-state index in [1.54, 1.807) is 6.92 Å². The summed E-state index contributed by atoms with van der Waals surface area (Å²) < 4.78 is 39.3. The van der Waals surface area contributed by atoms with Crippen LogP contribution in [0.1, 0.15) is 26.3 Å². The van der Waals surface area contributed by atoms with Gasteiger partial charge in [0.2, 0.25) is 21.8 Å². The molecule has 2 rings (SSSR count). The average Bonchev–Trinajstić information content (AvgIpc) is 2.76. The van der Waals surface area contributed by atoms with Gasteiger partial charge in [-0.3, -0.25) is 13.9 Å². The van der Waals surface area contributed by atoms with Gasteiger partial charge in [-0.25, -0.2) is 12.8 Å². The molecule has 0 bridgehead atoms. The maximum absolute atomic E-state index is 13.4. The number of amides is 2. The molecule has 2 aromatic rings. The second kappa shape index (κ2) is 11.9. The topological polar surface area (TPSA) is 86.8 Å². The van der Waals surface area contributed by atoms with Gasteiger partial charge in [-0.1, -0.05) is 49.2 Å². The van der Waals surface area contributed by atoms with Crippen molar-refractivity contribution in [2.24, 2.45) is 5.92 Å². The van der Waals surface area contributed by atoms with E-state index in [-0.39, 0.29) is 34.1 Å². The van der Waals surface area contributed by atoms with Gasteiger partial charge in [0.15, 0.2) is 0 Å². The first-order valence-corrected chi connectivity index (χ1v) is 13.1. The standard InChI is InChI=1S/C23H28Cl2FN3O4S/c1-15(2)12-27-23(31)16(3)28(13-17-5-7-18(26)8-6-17)22(30)14-29(34(4,32)33)19-9-10-20(24)21(25)11-19/h5-11,15-16H,12-14H2,1-4H3,(H,27,31)/t16-/m1/s1. The van der Waals surface area contributed by atoms with E-state index >= 15 is 0 Å². The summed E-state index contributed by atoms with van der Waals surface area (Å²) in [5.74, 6) is -1.24. The molecule has 34 heavy (non-hydrogen) atoms. The normalized spacial score (nSPS) is 12.4. The molecule has 0 unspecified atom stereocenters. The predicted molar refractivity (Wildman–Crippen MR) is 133 cm³/mol. The van der Waals surface area contributed by atoms with Crippen LogP contribution in [0.15, 0.2) is 42.5 Å². The number of carbonyl (C=O) groups excluding carboxylic acids is 2. The molecule has 0 fully saturated rings. The number of anilines is 1. The third-order valence-electron chi connectivity index (χ3n) is 4.99. The maximum atomic E-state index is 13.4. The zero-order valence-corrected chi connectivity index (χ0v) is 21.7. The highest BCUT2D eigenvalue weighted by Gasteiger charge is 2.30. The Morgan fingerprint density at radius 3 is 2.18 bits per heavy atom. The fourth-order valence-electron chi connectivity index (χ4n) is 3.08. The molecule has 1 N–H and O–H groups in total. The van der Waals surface area contributed by atoms with Gasteiger partial charge in [-0.05, 0) is 48.7 Å². The van der Waals surface area contributed by atoms with Crippen molar-refractivity contribution in [1.29, 1.82) is 0 Å². The number of hydrogen-bond acceptors (Lipinski definition) is 4. The number of hydrogen-bond donors (Lipinski definition) is 1. The molecule has 0 aliphatic carbocycles. The fraction of sp³-hybridized carbons (Fsp3) is 0.391. The summed E-state index contributed by atoms with van der Waals surface area (Å²) in [5, 5.41) is 3.15. The average molecular weight is 532 g/mol. The SMILES string of the molecule is CC(C)CNC(=O)[C@@H](C)N(Cc1ccc(F)cc1)C(=O)CN(c1ccc(Cl)c(Cl)c1)S(C)(=O)=O. The smallest absolute Gasteiger partial charge is 0.244 e. The first-order valence-electron chi connectivity index (χ1n) is 10.5. The Morgan fingerprint density at radius 1 is 1.03 bits per heavy atom. The third kappa shape index (κ3) is 7.85. The lowest BCUT2D eigenvalue weighted by atomic mass is 10.1. The highest BCUT2D eigenvalue weighted by atomic mass is 35.5. The van der Waals surface area contributed by atoms with Gasteiger partial charge in [-0.15, -0.1) is 0 Å². The summed E-state index contributed by atoms with van der Waals surface area (Å²) in [7, 11) is -3.89. The molecule has 0 saturated heterocycles. The van der Waals surface area contributed by atoms with Crippen LogP contribution in [0.2, 0.25) is 10.0 Å². The van der Waals surface area contributed by atoms with Crippen molar-refractivity contribution in [3.05, 3.63) is 63.9 Å². The van der Waals surface area contributed by atoms with Crippen LogP contribution in [0, 0.1) is 11.7 Å². The van der Waals surface area contributed by atoms with Crippen molar-refractivity contribution in [3.63, 3.8) is 0 Å². The van der Waals surface area contributed by atoms with Crippen LogP contribution in [0.5, 0.6) is 0 Å². The molecular weight excluding hydrogens is 504 g/mol. The number of benzene rings is 2. The van der Waals surface area contributed by atoms with Crippen molar-refractivity contribution < 1.29 is 22.4 Å². The summed E-state index contributed by atoms with van der Waals surface area (Å²) in [6.07, 6.45) is 0.964. The van der Waals surface area contributed by atoms with Gasteiger partial charge in [0.05, 0.1) is 22.0 Å². The minimum atomic E-state index is -3.89. The quantitative estimate of drug-likeness (QED) is 0.500. The van der Waals surface area contributed by atoms with Gasteiger partial charge in [0.1, 0.15) is 18.4 Å². The Morgan fingerprint density at radius 2 is 1.65 bits per heavy atom. The molecule has 0 spiro atoms. The molecule has 0 aromatic heterocycles. The van der Waals surface area contributed by atoms with Crippen LogP contribution in [0.3, 0.4) is 0 Å². The molecule has 2 aromatic carbocycles. The van der Waals surface area contributed by atoms with Crippen molar-refractivity contribution >= 4 is 50.7 Å². The Hall–Kier alpha value is -2.36. The van der Waals surface area contributed by atoms with Crippen LogP contribution in [0.25, 0.3) is 0 Å². The maximum Gasteiger partial charge on any atom is 0.244 e. The zero-order valence-electron chi connectivity index (χ0n) is 19.4. The van der Waals surface area contributed by atoms with E-state index in [9.17, 15) is 22.4 Å². The van der Waals surface area contributed by atoms with E-state index in [4.69, 9.17) is 23.2 Å². The summed E-state index contributed by atoms with van der Waals surface area (Å²) in [6.45, 7) is 5.26. The fourth-order valence-corrected chi connectivity index (χ4v) is 4.21. The van der Waals surface area contributed by atoms with Gasteiger partial charge in [-0.2, -0.15) is 0 Å². The predicted octanol–water partition coefficient (Wildman–Crippen LogP) is 4.09. The molecular formula is C23H28Cl2FN3O4S. The Labute approximate surface area is 209 Å². The Bertz CT molecular complexity index is 1130. The van der Waals surface area contributed by atoms with Gasteiger partial charge >= 0.3 is 0 Å². The number of halogens is 3. The molecule has 11 heteroatoms. The molecule has 1 atom stereocenters. The zero-order chi connectivity index (χ0) is 25.6. The highest BCUT2D eigenvalue weighted by molar-refractivity contribution is 7.92. The first kappa shape index (κ1) is 27.9. The lowest BCUT2D eigenvalue weighted by Gasteiger charge is -2.31. The number of carbonyl (C=O) groups is 2. The van der Waals surface area contributed by atoms with Crippen LogP contribution in [-0.2, 0) is 26.2 Å². The van der Waals surface area contributed by atoms with Crippen LogP contribution in [0.4, 0.5) is 10.1 Å². The van der Waals surface area contributed by atoms with Crippen molar-refractivity contribution in [2.45, 2.75) is 33.4 Å². The number of nitrogens with one attached hydrogen (secondary N) is 1. The largest absolute Gasteiger partial charge is 0.354 e. The molecule has 0 radical (unpaired) electrons. The lowest BCUT2D eigenvalue weighted by molar-refractivity contribution is -0.139. The molecule has 2 amide bonds. The number of sulfonamides is 1. The number of rotatable bonds is 10. The molecule has 0 heterocycles. The second-order valence-corrected chi connectivity index (χ2v) is 11.1. The van der Waals surface area contributed by atoms with E-state index in [1.165, 1.54) is 47.4 Å². The Balaban J connectivity index is 2.37. The lowest BCUT2D eigenvalue weighted by Crippen LogP contribution is -2.51. The molecule has 0 aliphatic heterocycles.